The predicted octanol–water partition coefficient (Wildman–Crippen LogP) is 3.48. The van der Waals surface area contributed by atoms with Gasteiger partial charge >= 0.3 is 0 Å². The van der Waals surface area contributed by atoms with Crippen molar-refractivity contribution in [3.8, 4) is 0 Å². The zero-order chi connectivity index (χ0) is 22.9. The average Bonchev–Trinajstić information content (AvgIpc) is 3.27. The molecule has 3 aromatic rings. The van der Waals surface area contributed by atoms with Crippen molar-refractivity contribution in [3.63, 3.8) is 0 Å². The minimum atomic E-state index is -0.340. The van der Waals surface area contributed by atoms with E-state index in [0.717, 1.165) is 4.47 Å². The first-order chi connectivity index (χ1) is 15.4. The highest BCUT2D eigenvalue weighted by atomic mass is 79.9. The number of carbonyl (C=O) groups excluding carboxylic acids is 3. The number of furan rings is 1. The van der Waals surface area contributed by atoms with Gasteiger partial charge < -0.3 is 20.4 Å². The van der Waals surface area contributed by atoms with E-state index in [-0.39, 0.29) is 37.4 Å². The summed E-state index contributed by atoms with van der Waals surface area (Å²) in [5.74, 6) is -0.293. The smallest absolute Gasteiger partial charge is 0.253 e. The Morgan fingerprint density at radius 1 is 0.875 bits per heavy atom. The minimum Gasteiger partial charge on any atom is -0.467 e. The van der Waals surface area contributed by atoms with E-state index in [0.29, 0.717) is 22.7 Å². The average molecular weight is 499 g/mol. The summed E-state index contributed by atoms with van der Waals surface area (Å²) < 4.78 is 5.98. The Balaban J connectivity index is 1.52. The summed E-state index contributed by atoms with van der Waals surface area (Å²) in [7, 11) is 1.67. The van der Waals surface area contributed by atoms with Crippen molar-refractivity contribution in [3.05, 3.63) is 82.7 Å². The lowest BCUT2D eigenvalue weighted by Gasteiger charge is -2.17. The highest BCUT2D eigenvalue weighted by molar-refractivity contribution is 9.10. The van der Waals surface area contributed by atoms with Gasteiger partial charge in [0.25, 0.3) is 5.91 Å². The fourth-order valence-corrected chi connectivity index (χ4v) is 3.34. The van der Waals surface area contributed by atoms with Gasteiger partial charge in [0.05, 0.1) is 42.8 Å². The van der Waals surface area contributed by atoms with Crippen LogP contribution >= 0.6 is 15.9 Å². The van der Waals surface area contributed by atoms with E-state index in [9.17, 15) is 14.4 Å². The Hall–Kier alpha value is -3.43. The molecule has 8 nitrogen and oxygen atoms in total. The molecule has 32 heavy (non-hydrogen) atoms. The molecule has 0 saturated carbocycles. The second kappa shape index (κ2) is 11.3. The number of benzene rings is 2. The summed E-state index contributed by atoms with van der Waals surface area (Å²) in [6.45, 7) is 0.245. The molecule has 0 aliphatic carbocycles. The number of rotatable bonds is 9. The number of carbonyl (C=O) groups is 3. The molecule has 2 aromatic carbocycles. The molecule has 0 unspecified atom stereocenters. The lowest BCUT2D eigenvalue weighted by atomic mass is 10.1. The highest BCUT2D eigenvalue weighted by Gasteiger charge is 2.16. The Bertz CT molecular complexity index is 1090. The number of hydrogen-bond acceptors (Lipinski definition) is 5. The maximum Gasteiger partial charge on any atom is 0.253 e. The molecule has 1 heterocycles. The van der Waals surface area contributed by atoms with Crippen LogP contribution in [-0.4, -0.2) is 42.8 Å². The molecule has 3 rings (SSSR count). The summed E-state index contributed by atoms with van der Waals surface area (Å²) >= 11 is 3.38. The largest absolute Gasteiger partial charge is 0.467 e. The molecule has 166 valence electrons. The van der Waals surface area contributed by atoms with E-state index in [1.807, 2.05) is 18.2 Å². The lowest BCUT2D eigenvalue weighted by Crippen LogP contribution is -2.36. The van der Waals surface area contributed by atoms with Gasteiger partial charge in [-0.05, 0) is 59.4 Å². The first-order valence-corrected chi connectivity index (χ1v) is 10.6. The molecule has 0 atom stereocenters. The maximum absolute atomic E-state index is 12.5. The summed E-state index contributed by atoms with van der Waals surface area (Å²) in [4.78, 5) is 38.9. The van der Waals surface area contributed by atoms with Crippen molar-refractivity contribution >= 4 is 45.0 Å². The number of likely N-dealkylation sites (N-methyl/N-ethyl adjacent to an activating group) is 1. The summed E-state index contributed by atoms with van der Waals surface area (Å²) in [6.07, 6.45) is 1.53. The third-order valence-electron chi connectivity index (χ3n) is 4.42. The molecule has 0 aliphatic rings. The van der Waals surface area contributed by atoms with Gasteiger partial charge in [-0.3, -0.25) is 19.3 Å². The number of nitrogens with one attached hydrogen (secondary N) is 3. The van der Waals surface area contributed by atoms with Crippen LogP contribution in [0.1, 0.15) is 16.1 Å². The van der Waals surface area contributed by atoms with Crippen molar-refractivity contribution in [2.24, 2.45) is 0 Å². The lowest BCUT2D eigenvalue weighted by molar-refractivity contribution is -0.119. The Kier molecular flexibility index (Phi) is 8.18. The maximum atomic E-state index is 12.5. The van der Waals surface area contributed by atoms with Gasteiger partial charge in [0.2, 0.25) is 11.8 Å². The third-order valence-corrected chi connectivity index (χ3v) is 5.12. The number of amides is 3. The van der Waals surface area contributed by atoms with Gasteiger partial charge in [-0.1, -0.05) is 24.3 Å². The molecule has 3 amide bonds. The van der Waals surface area contributed by atoms with Crippen LogP contribution in [0.5, 0.6) is 0 Å². The van der Waals surface area contributed by atoms with Gasteiger partial charge in [-0.2, -0.15) is 0 Å². The summed E-state index contributed by atoms with van der Waals surface area (Å²) in [6, 6.07) is 17.5. The first kappa shape index (κ1) is 23.2. The van der Waals surface area contributed by atoms with Crippen molar-refractivity contribution in [1.82, 2.24) is 10.2 Å². The van der Waals surface area contributed by atoms with Crippen LogP contribution in [0.15, 0.2) is 75.8 Å². The number of nitrogens with zero attached hydrogens (tertiary/aromatic N) is 1. The van der Waals surface area contributed by atoms with Crippen LogP contribution in [0.25, 0.3) is 0 Å². The van der Waals surface area contributed by atoms with E-state index in [4.69, 9.17) is 4.42 Å². The van der Waals surface area contributed by atoms with Crippen LogP contribution < -0.4 is 16.0 Å². The van der Waals surface area contributed by atoms with E-state index in [1.54, 1.807) is 54.4 Å². The van der Waals surface area contributed by atoms with Gasteiger partial charge in [0.15, 0.2) is 0 Å². The minimum absolute atomic E-state index is 0.0221. The Morgan fingerprint density at radius 3 is 2.16 bits per heavy atom. The molecule has 9 heteroatoms. The van der Waals surface area contributed by atoms with E-state index < -0.39 is 0 Å². The first-order valence-electron chi connectivity index (χ1n) is 9.85. The van der Waals surface area contributed by atoms with Gasteiger partial charge in [-0.25, -0.2) is 0 Å². The van der Waals surface area contributed by atoms with Crippen LogP contribution in [0.3, 0.4) is 0 Å². The summed E-state index contributed by atoms with van der Waals surface area (Å²) in [5.41, 5.74) is 1.38. The van der Waals surface area contributed by atoms with Crippen molar-refractivity contribution in [2.75, 3.05) is 30.8 Å². The van der Waals surface area contributed by atoms with Crippen LogP contribution in [-0.2, 0) is 16.1 Å². The number of halogens is 1. The number of para-hydroxylation sites is 2. The van der Waals surface area contributed by atoms with Crippen LogP contribution in [0, 0.1) is 0 Å². The molecular weight excluding hydrogens is 476 g/mol. The zero-order valence-corrected chi connectivity index (χ0v) is 19.0. The van der Waals surface area contributed by atoms with Gasteiger partial charge in [0, 0.05) is 4.47 Å². The second-order valence-electron chi connectivity index (χ2n) is 7.06. The standard InChI is InChI=1S/C23H23BrN4O4/c1-28(15-22(30)27-20-11-5-3-9-18(20)24)14-21(29)26-19-10-4-2-8-17(19)23(31)25-13-16-7-6-12-32-16/h2-12H,13-15H2,1H3,(H,25,31)(H,26,29)(H,27,30). The molecule has 0 spiro atoms. The third kappa shape index (κ3) is 6.79. The molecule has 0 fully saturated rings. The van der Waals surface area contributed by atoms with Crippen molar-refractivity contribution < 1.29 is 18.8 Å². The predicted molar refractivity (Wildman–Crippen MR) is 125 cm³/mol. The van der Waals surface area contributed by atoms with E-state index in [2.05, 4.69) is 31.9 Å². The fraction of sp³-hybridized carbons (Fsp3) is 0.174. The molecule has 0 bridgehead atoms. The molecule has 3 N–H and O–H groups in total. The summed E-state index contributed by atoms with van der Waals surface area (Å²) in [5, 5.41) is 8.30. The second-order valence-corrected chi connectivity index (χ2v) is 7.91. The number of anilines is 2. The van der Waals surface area contributed by atoms with Gasteiger partial charge in [0.1, 0.15) is 5.76 Å². The van der Waals surface area contributed by atoms with E-state index in [1.165, 1.54) is 6.26 Å². The molecule has 0 radical (unpaired) electrons. The van der Waals surface area contributed by atoms with Crippen LogP contribution in [0.2, 0.25) is 0 Å². The molecular formula is C23H23BrN4O4. The van der Waals surface area contributed by atoms with Gasteiger partial charge in [-0.15, -0.1) is 0 Å². The normalized spacial score (nSPS) is 10.6. The highest BCUT2D eigenvalue weighted by Crippen LogP contribution is 2.21. The molecule has 0 aliphatic heterocycles. The van der Waals surface area contributed by atoms with Crippen molar-refractivity contribution in [2.45, 2.75) is 6.54 Å². The fourth-order valence-electron chi connectivity index (χ4n) is 2.95. The van der Waals surface area contributed by atoms with E-state index >= 15 is 0 Å². The zero-order valence-electron chi connectivity index (χ0n) is 17.4. The Labute approximate surface area is 194 Å². The van der Waals surface area contributed by atoms with Crippen LogP contribution in [0.4, 0.5) is 11.4 Å². The topological polar surface area (TPSA) is 104 Å². The number of hydrogen-bond donors (Lipinski definition) is 3. The van der Waals surface area contributed by atoms with Crippen molar-refractivity contribution in [1.29, 1.82) is 0 Å². The quantitative estimate of drug-likeness (QED) is 0.419. The molecule has 0 saturated heterocycles. The molecule has 1 aromatic heterocycles. The monoisotopic (exact) mass is 498 g/mol. The Morgan fingerprint density at radius 2 is 1.50 bits per heavy atom. The SMILES string of the molecule is CN(CC(=O)Nc1ccccc1Br)CC(=O)Nc1ccccc1C(=O)NCc1ccco1.